The van der Waals surface area contributed by atoms with Crippen molar-refractivity contribution >= 4 is 7.69 Å². The minimum atomic E-state index is -4.45. The first-order valence-electron chi connectivity index (χ1n) is 5.25. The summed E-state index contributed by atoms with van der Waals surface area (Å²) < 4.78 is 44.3. The fourth-order valence-electron chi connectivity index (χ4n) is 1.62. The van der Waals surface area contributed by atoms with Gasteiger partial charge in [-0.25, -0.2) is 0 Å². The highest BCUT2D eigenvalue weighted by molar-refractivity contribution is 6.17. The van der Waals surface area contributed by atoms with E-state index in [1.807, 2.05) is 0 Å². The van der Waals surface area contributed by atoms with Crippen LogP contribution in [0, 0.1) is 0 Å². The van der Waals surface area contributed by atoms with E-state index in [4.69, 9.17) is 9.68 Å². The van der Waals surface area contributed by atoms with Crippen LogP contribution in [0.2, 0.25) is 0 Å². The van der Waals surface area contributed by atoms with Crippen LogP contribution in [-0.2, 0) is 13.2 Å². The van der Waals surface area contributed by atoms with Gasteiger partial charge in [-0.3, -0.25) is 4.68 Å². The predicted molar refractivity (Wildman–Crippen MR) is 62.2 cm³/mol. The Hall–Kier alpha value is -1.96. The zero-order valence-corrected chi connectivity index (χ0v) is 9.85. The lowest BCUT2D eigenvalue weighted by molar-refractivity contribution is -0.137. The van der Waals surface area contributed by atoms with Crippen molar-refractivity contribution in [2.45, 2.75) is 6.18 Å². The largest absolute Gasteiger partial charge is 0.569 e. The Morgan fingerprint density at radius 3 is 2.58 bits per heavy atom. The van der Waals surface area contributed by atoms with Crippen LogP contribution < -0.4 is 4.65 Å². The standard InChI is InChI=1S/C11H9BF3N2O2/c1-17-5-4-9(16-17)8-6-7(11(13,14)15)2-3-10(8)19-12-18/h2-6,18H,1H3. The average molecular weight is 269 g/mol. The van der Waals surface area contributed by atoms with Gasteiger partial charge in [0.1, 0.15) is 5.75 Å². The zero-order valence-electron chi connectivity index (χ0n) is 9.85. The molecule has 19 heavy (non-hydrogen) atoms. The number of aromatic nitrogens is 2. The maximum Gasteiger partial charge on any atom is 0.569 e. The molecule has 0 saturated heterocycles. The SMILES string of the molecule is Cn1ccc(-c2cc(C(F)(F)F)ccc2O[B]O)n1. The van der Waals surface area contributed by atoms with Gasteiger partial charge in [0.05, 0.1) is 11.3 Å². The molecule has 1 heterocycles. The second-order valence-corrected chi connectivity index (χ2v) is 3.81. The maximum atomic E-state index is 12.7. The molecule has 4 nitrogen and oxygen atoms in total. The third-order valence-electron chi connectivity index (χ3n) is 2.48. The predicted octanol–water partition coefficient (Wildman–Crippen LogP) is 2.01. The zero-order chi connectivity index (χ0) is 14.0. The van der Waals surface area contributed by atoms with E-state index in [0.717, 1.165) is 18.2 Å². The minimum absolute atomic E-state index is 0.0919. The van der Waals surface area contributed by atoms with Crippen molar-refractivity contribution in [3.8, 4) is 17.0 Å². The molecule has 0 aliphatic heterocycles. The van der Waals surface area contributed by atoms with E-state index in [1.54, 1.807) is 19.3 Å². The Bertz CT molecular complexity index is 584. The van der Waals surface area contributed by atoms with Crippen molar-refractivity contribution in [3.63, 3.8) is 0 Å². The van der Waals surface area contributed by atoms with Gasteiger partial charge in [-0.1, -0.05) is 0 Å². The van der Waals surface area contributed by atoms with Crippen molar-refractivity contribution in [1.29, 1.82) is 0 Å². The van der Waals surface area contributed by atoms with Crippen molar-refractivity contribution in [2.24, 2.45) is 7.05 Å². The first-order valence-corrected chi connectivity index (χ1v) is 5.25. The lowest BCUT2D eigenvalue weighted by Gasteiger charge is -2.12. The maximum absolute atomic E-state index is 12.7. The van der Waals surface area contributed by atoms with Crippen LogP contribution in [0.15, 0.2) is 30.5 Å². The summed E-state index contributed by atoms with van der Waals surface area (Å²) in [6.45, 7) is 0. The van der Waals surface area contributed by atoms with E-state index in [-0.39, 0.29) is 11.3 Å². The molecule has 0 bridgehead atoms. The van der Waals surface area contributed by atoms with Gasteiger partial charge in [-0.05, 0) is 24.3 Å². The number of nitrogens with zero attached hydrogens (tertiary/aromatic N) is 2. The fraction of sp³-hybridized carbons (Fsp3) is 0.182. The number of rotatable bonds is 3. The Morgan fingerprint density at radius 1 is 1.32 bits per heavy atom. The van der Waals surface area contributed by atoms with Crippen LogP contribution >= 0.6 is 0 Å². The molecule has 8 heteroatoms. The Balaban J connectivity index is 2.54. The number of aryl methyl sites for hydroxylation is 1. The average Bonchev–Trinajstić information content (AvgIpc) is 2.75. The lowest BCUT2D eigenvalue weighted by Crippen LogP contribution is -2.07. The summed E-state index contributed by atoms with van der Waals surface area (Å²) in [7, 11) is 2.06. The number of benzene rings is 1. The van der Waals surface area contributed by atoms with Gasteiger partial charge >= 0.3 is 13.9 Å². The van der Waals surface area contributed by atoms with Gasteiger partial charge in [-0.2, -0.15) is 18.3 Å². The monoisotopic (exact) mass is 269 g/mol. The Morgan fingerprint density at radius 2 is 2.05 bits per heavy atom. The molecule has 0 atom stereocenters. The lowest BCUT2D eigenvalue weighted by atomic mass is 10.1. The molecular formula is C11H9BF3N2O2. The van der Waals surface area contributed by atoms with E-state index in [2.05, 4.69) is 5.10 Å². The van der Waals surface area contributed by atoms with Crippen LogP contribution in [-0.4, -0.2) is 22.5 Å². The van der Waals surface area contributed by atoms with E-state index in [1.165, 1.54) is 4.68 Å². The molecule has 0 fully saturated rings. The molecule has 99 valence electrons. The summed E-state index contributed by atoms with van der Waals surface area (Å²) in [6.07, 6.45) is -2.85. The smallest absolute Gasteiger partial charge is 0.537 e. The Labute approximate surface area is 107 Å². The van der Waals surface area contributed by atoms with Gasteiger partial charge in [0.25, 0.3) is 0 Å². The topological polar surface area (TPSA) is 47.3 Å². The summed E-state index contributed by atoms with van der Waals surface area (Å²) >= 11 is 0. The molecule has 0 aliphatic carbocycles. The number of hydrogen-bond donors (Lipinski definition) is 1. The fourth-order valence-corrected chi connectivity index (χ4v) is 1.62. The molecule has 0 saturated carbocycles. The van der Waals surface area contributed by atoms with Crippen LogP contribution in [0.5, 0.6) is 5.75 Å². The van der Waals surface area contributed by atoms with Gasteiger partial charge in [-0.15, -0.1) is 0 Å². The van der Waals surface area contributed by atoms with E-state index >= 15 is 0 Å². The van der Waals surface area contributed by atoms with Gasteiger partial charge in [0.15, 0.2) is 0 Å². The normalized spacial score (nSPS) is 11.4. The third-order valence-corrected chi connectivity index (χ3v) is 2.48. The van der Waals surface area contributed by atoms with Crippen LogP contribution in [0.1, 0.15) is 5.56 Å². The summed E-state index contributed by atoms with van der Waals surface area (Å²) in [6, 6.07) is 4.51. The van der Waals surface area contributed by atoms with Crippen LogP contribution in [0.4, 0.5) is 13.2 Å². The van der Waals surface area contributed by atoms with Crippen LogP contribution in [0.25, 0.3) is 11.3 Å². The molecule has 0 spiro atoms. The Kier molecular flexibility index (Phi) is 3.52. The molecule has 0 amide bonds. The van der Waals surface area contributed by atoms with Gasteiger partial charge in [0.2, 0.25) is 0 Å². The molecule has 0 aliphatic rings. The number of halogens is 3. The summed E-state index contributed by atoms with van der Waals surface area (Å²) in [5, 5.41) is 12.7. The quantitative estimate of drug-likeness (QED) is 0.867. The number of alkyl halides is 3. The second kappa shape index (κ2) is 4.97. The summed E-state index contributed by atoms with van der Waals surface area (Å²) in [4.78, 5) is 0. The molecule has 1 radical (unpaired) electrons. The van der Waals surface area contributed by atoms with Crippen molar-refractivity contribution in [2.75, 3.05) is 0 Å². The highest BCUT2D eigenvalue weighted by Crippen LogP contribution is 2.36. The highest BCUT2D eigenvalue weighted by atomic mass is 19.4. The van der Waals surface area contributed by atoms with Gasteiger partial charge in [0, 0.05) is 18.8 Å². The van der Waals surface area contributed by atoms with Gasteiger partial charge < -0.3 is 9.68 Å². The number of hydrogen-bond acceptors (Lipinski definition) is 3. The van der Waals surface area contributed by atoms with E-state index < -0.39 is 11.7 Å². The molecule has 1 aromatic carbocycles. The van der Waals surface area contributed by atoms with Crippen molar-refractivity contribution in [1.82, 2.24) is 9.78 Å². The molecule has 1 aromatic heterocycles. The van der Waals surface area contributed by atoms with E-state index in [9.17, 15) is 13.2 Å². The molecular weight excluding hydrogens is 260 g/mol. The molecule has 1 N–H and O–H groups in total. The summed E-state index contributed by atoms with van der Waals surface area (Å²) in [5.41, 5.74) is -0.329. The first kappa shape index (κ1) is 13.5. The third kappa shape index (κ3) is 2.90. The highest BCUT2D eigenvalue weighted by Gasteiger charge is 2.31. The van der Waals surface area contributed by atoms with Crippen LogP contribution in [0.3, 0.4) is 0 Å². The summed E-state index contributed by atoms with van der Waals surface area (Å²) in [5.74, 6) is 0.0919. The first-order chi connectivity index (χ1) is 8.91. The minimum Gasteiger partial charge on any atom is -0.537 e. The van der Waals surface area contributed by atoms with Crippen molar-refractivity contribution in [3.05, 3.63) is 36.0 Å². The van der Waals surface area contributed by atoms with Crippen molar-refractivity contribution < 1.29 is 22.8 Å². The van der Waals surface area contributed by atoms with E-state index in [0.29, 0.717) is 13.4 Å². The second-order valence-electron chi connectivity index (χ2n) is 3.81. The molecule has 0 unspecified atom stereocenters. The molecule has 2 rings (SSSR count). The molecule has 2 aromatic rings.